The Morgan fingerprint density at radius 1 is 1.17 bits per heavy atom. The Balaban J connectivity index is 1.75. The molecule has 0 saturated carbocycles. The van der Waals surface area contributed by atoms with Crippen LogP contribution in [0.5, 0.6) is 0 Å². The van der Waals surface area contributed by atoms with Gasteiger partial charge in [-0.25, -0.2) is 0 Å². The molecule has 5 nitrogen and oxygen atoms in total. The number of carbonyl (C=O) groups is 2. The second kappa shape index (κ2) is 8.70. The molecule has 0 fully saturated rings. The van der Waals surface area contributed by atoms with Crippen LogP contribution in [0, 0.1) is 11.3 Å². The number of ether oxygens (including phenoxy) is 1. The van der Waals surface area contributed by atoms with Crippen molar-refractivity contribution in [2.75, 3.05) is 11.9 Å². The fourth-order valence-corrected chi connectivity index (χ4v) is 2.21. The Kier molecular flexibility index (Phi) is 6.35. The fraction of sp³-hybridized carbons (Fsp3) is 0.167. The van der Waals surface area contributed by atoms with Crippen molar-refractivity contribution in [3.8, 4) is 6.07 Å². The van der Waals surface area contributed by atoms with Crippen LogP contribution in [-0.4, -0.2) is 18.5 Å². The molecule has 0 aliphatic carbocycles. The Hall–Kier alpha value is -2.84. The lowest BCUT2D eigenvalue weighted by Crippen LogP contribution is -2.21. The maximum absolute atomic E-state index is 11.8. The Bertz CT molecular complexity index is 770. The van der Waals surface area contributed by atoms with E-state index in [-0.39, 0.29) is 18.1 Å². The van der Waals surface area contributed by atoms with E-state index < -0.39 is 11.9 Å². The van der Waals surface area contributed by atoms with Crippen LogP contribution in [0.3, 0.4) is 0 Å². The zero-order valence-electron chi connectivity index (χ0n) is 12.8. The first-order chi connectivity index (χ1) is 11.6. The summed E-state index contributed by atoms with van der Waals surface area (Å²) >= 11 is 5.88. The first-order valence-electron chi connectivity index (χ1n) is 7.27. The van der Waals surface area contributed by atoms with Gasteiger partial charge in [0.15, 0.2) is 6.61 Å². The van der Waals surface area contributed by atoms with Gasteiger partial charge < -0.3 is 10.1 Å². The van der Waals surface area contributed by atoms with Gasteiger partial charge in [-0.05, 0) is 30.2 Å². The molecule has 0 unspecified atom stereocenters. The molecule has 0 atom stereocenters. The lowest BCUT2D eigenvalue weighted by Gasteiger charge is -2.07. The smallest absolute Gasteiger partial charge is 0.306 e. The average molecular weight is 343 g/mol. The van der Waals surface area contributed by atoms with Crippen LogP contribution in [0.25, 0.3) is 0 Å². The monoisotopic (exact) mass is 342 g/mol. The number of esters is 1. The molecule has 1 amide bonds. The molecule has 2 aromatic rings. The number of nitrogens with zero attached hydrogens (tertiary/aromatic N) is 1. The summed E-state index contributed by atoms with van der Waals surface area (Å²) in [4.78, 5) is 23.4. The van der Waals surface area contributed by atoms with Crippen molar-refractivity contribution in [1.29, 1.82) is 5.26 Å². The highest BCUT2D eigenvalue weighted by Crippen LogP contribution is 2.20. The number of benzene rings is 2. The summed E-state index contributed by atoms with van der Waals surface area (Å²) in [6.07, 6.45) is 0.770. The van der Waals surface area contributed by atoms with E-state index in [1.807, 2.05) is 36.4 Å². The third kappa shape index (κ3) is 5.41. The lowest BCUT2D eigenvalue weighted by atomic mass is 10.1. The molecule has 0 saturated heterocycles. The minimum absolute atomic E-state index is 0.208. The van der Waals surface area contributed by atoms with E-state index >= 15 is 0 Å². The topological polar surface area (TPSA) is 79.2 Å². The first kappa shape index (κ1) is 17.5. The molecule has 2 aromatic carbocycles. The standard InChI is InChI=1S/C18H15ClN2O3/c19-16-10-15(8-7-14(16)11-20)21-17(22)12-24-18(23)9-6-13-4-2-1-3-5-13/h1-5,7-8,10H,6,9,12H2,(H,21,22). The van der Waals surface area contributed by atoms with Gasteiger partial charge in [0.05, 0.1) is 10.6 Å². The molecule has 0 radical (unpaired) electrons. The number of carbonyl (C=O) groups excluding carboxylic acids is 2. The number of hydrogen-bond donors (Lipinski definition) is 1. The minimum Gasteiger partial charge on any atom is -0.456 e. The SMILES string of the molecule is N#Cc1ccc(NC(=O)COC(=O)CCc2ccccc2)cc1Cl. The van der Waals surface area contributed by atoms with Crippen LogP contribution >= 0.6 is 11.6 Å². The summed E-state index contributed by atoms with van der Waals surface area (Å²) in [7, 11) is 0. The van der Waals surface area contributed by atoms with Crippen LogP contribution in [0.1, 0.15) is 17.5 Å². The second-order valence-electron chi connectivity index (χ2n) is 5.00. The molecule has 0 spiro atoms. The van der Waals surface area contributed by atoms with Crippen molar-refractivity contribution in [3.63, 3.8) is 0 Å². The number of aryl methyl sites for hydroxylation is 1. The molecule has 0 aliphatic rings. The van der Waals surface area contributed by atoms with Crippen molar-refractivity contribution in [2.24, 2.45) is 0 Å². The number of nitrogens with one attached hydrogen (secondary N) is 1. The molecule has 2 rings (SSSR count). The molecule has 0 bridgehead atoms. The summed E-state index contributed by atoms with van der Waals surface area (Å²) < 4.78 is 4.94. The van der Waals surface area contributed by atoms with Gasteiger partial charge in [0.2, 0.25) is 0 Å². The molecule has 1 N–H and O–H groups in total. The zero-order chi connectivity index (χ0) is 17.4. The lowest BCUT2D eigenvalue weighted by molar-refractivity contribution is -0.147. The second-order valence-corrected chi connectivity index (χ2v) is 5.41. The molecule has 24 heavy (non-hydrogen) atoms. The average Bonchev–Trinajstić information content (AvgIpc) is 2.59. The van der Waals surface area contributed by atoms with Gasteiger partial charge in [0.25, 0.3) is 5.91 Å². The third-order valence-corrected chi connectivity index (χ3v) is 3.51. The van der Waals surface area contributed by atoms with Gasteiger partial charge in [0, 0.05) is 12.1 Å². The third-order valence-electron chi connectivity index (χ3n) is 3.20. The largest absolute Gasteiger partial charge is 0.456 e. The predicted molar refractivity (Wildman–Crippen MR) is 90.5 cm³/mol. The molecule has 0 heterocycles. The van der Waals surface area contributed by atoms with Gasteiger partial charge in [-0.1, -0.05) is 41.9 Å². The highest BCUT2D eigenvalue weighted by molar-refractivity contribution is 6.32. The maximum atomic E-state index is 11.8. The summed E-state index contributed by atoms with van der Waals surface area (Å²) in [5.74, 6) is -0.907. The van der Waals surface area contributed by atoms with E-state index in [0.29, 0.717) is 17.7 Å². The normalized spacial score (nSPS) is 9.83. The summed E-state index contributed by atoms with van der Waals surface area (Å²) in [6, 6.07) is 16.0. The molecular formula is C18H15ClN2O3. The van der Waals surface area contributed by atoms with Crippen LogP contribution in [-0.2, 0) is 20.7 Å². The van der Waals surface area contributed by atoms with E-state index in [1.165, 1.54) is 12.1 Å². The quantitative estimate of drug-likeness (QED) is 0.817. The van der Waals surface area contributed by atoms with Crippen molar-refractivity contribution < 1.29 is 14.3 Å². The number of amides is 1. The summed E-state index contributed by atoms with van der Waals surface area (Å²) in [5, 5.41) is 11.6. The Labute approximate surface area is 144 Å². The highest BCUT2D eigenvalue weighted by Gasteiger charge is 2.09. The van der Waals surface area contributed by atoms with E-state index in [4.69, 9.17) is 21.6 Å². The van der Waals surface area contributed by atoms with E-state index in [1.54, 1.807) is 6.07 Å². The Morgan fingerprint density at radius 3 is 2.58 bits per heavy atom. The fourth-order valence-electron chi connectivity index (χ4n) is 1.99. The van der Waals surface area contributed by atoms with Gasteiger partial charge in [-0.3, -0.25) is 9.59 Å². The molecule has 122 valence electrons. The van der Waals surface area contributed by atoms with Crippen LogP contribution in [0.15, 0.2) is 48.5 Å². The number of halogens is 1. The van der Waals surface area contributed by atoms with Gasteiger partial charge >= 0.3 is 5.97 Å². The number of nitriles is 1. The summed E-state index contributed by atoms with van der Waals surface area (Å²) in [5.41, 5.74) is 1.79. The molecular weight excluding hydrogens is 328 g/mol. The number of hydrogen-bond acceptors (Lipinski definition) is 4. The zero-order valence-corrected chi connectivity index (χ0v) is 13.5. The van der Waals surface area contributed by atoms with E-state index in [2.05, 4.69) is 5.32 Å². The molecule has 6 heteroatoms. The van der Waals surface area contributed by atoms with E-state index in [9.17, 15) is 9.59 Å². The molecule has 0 aliphatic heterocycles. The minimum atomic E-state index is -0.469. The van der Waals surface area contributed by atoms with Crippen molar-refractivity contribution in [2.45, 2.75) is 12.8 Å². The van der Waals surface area contributed by atoms with Gasteiger partial charge in [0.1, 0.15) is 6.07 Å². The molecule has 0 aromatic heterocycles. The summed E-state index contributed by atoms with van der Waals surface area (Å²) in [6.45, 7) is -0.370. The number of anilines is 1. The number of rotatable bonds is 6. The highest BCUT2D eigenvalue weighted by atomic mass is 35.5. The first-order valence-corrected chi connectivity index (χ1v) is 7.65. The van der Waals surface area contributed by atoms with Crippen molar-refractivity contribution >= 4 is 29.2 Å². The Morgan fingerprint density at radius 2 is 1.92 bits per heavy atom. The van der Waals surface area contributed by atoms with Gasteiger partial charge in [-0.15, -0.1) is 0 Å². The van der Waals surface area contributed by atoms with Crippen molar-refractivity contribution in [1.82, 2.24) is 0 Å². The van der Waals surface area contributed by atoms with Crippen LogP contribution in [0.4, 0.5) is 5.69 Å². The van der Waals surface area contributed by atoms with Crippen LogP contribution < -0.4 is 5.32 Å². The van der Waals surface area contributed by atoms with Crippen LogP contribution in [0.2, 0.25) is 5.02 Å². The van der Waals surface area contributed by atoms with E-state index in [0.717, 1.165) is 5.56 Å². The van der Waals surface area contributed by atoms with Crippen molar-refractivity contribution in [3.05, 3.63) is 64.7 Å². The predicted octanol–water partition coefficient (Wildman–Crippen LogP) is 3.33. The van der Waals surface area contributed by atoms with Gasteiger partial charge in [-0.2, -0.15) is 5.26 Å². The maximum Gasteiger partial charge on any atom is 0.306 e.